The van der Waals surface area contributed by atoms with Crippen molar-refractivity contribution in [2.75, 3.05) is 18.9 Å². The second-order valence-electron chi connectivity index (χ2n) is 4.17. The van der Waals surface area contributed by atoms with Gasteiger partial charge in [-0.05, 0) is 29.9 Å². The Labute approximate surface area is 90.7 Å². The minimum absolute atomic E-state index is 0.246. The highest BCUT2D eigenvalue weighted by Crippen LogP contribution is 2.12. The van der Waals surface area contributed by atoms with Crippen LogP contribution in [0, 0.1) is 12.8 Å². The molecule has 0 aliphatic carbocycles. The molecule has 1 aromatic carbocycles. The van der Waals surface area contributed by atoms with Crippen molar-refractivity contribution < 1.29 is 9.31 Å². The molecule has 2 N–H and O–H groups in total. The van der Waals surface area contributed by atoms with Crippen molar-refractivity contribution in [3.05, 3.63) is 23.8 Å². The van der Waals surface area contributed by atoms with Gasteiger partial charge in [-0.3, -0.25) is 0 Å². The zero-order valence-electron chi connectivity index (χ0n) is 9.19. The van der Waals surface area contributed by atoms with E-state index in [0.717, 1.165) is 29.9 Å². The first-order valence-electron chi connectivity index (χ1n) is 5.26. The summed E-state index contributed by atoms with van der Waals surface area (Å²) in [6, 6.07) is 5.83. The average molecular weight is 205 g/mol. The van der Waals surface area contributed by atoms with Gasteiger partial charge in [0.15, 0.2) is 0 Å². The molecule has 0 radical (unpaired) electrons. The molecule has 0 saturated carbocycles. The second kappa shape index (κ2) is 4.25. The maximum absolute atomic E-state index is 5.84. The number of rotatable bonds is 1. The van der Waals surface area contributed by atoms with Crippen LogP contribution in [-0.4, -0.2) is 20.3 Å². The van der Waals surface area contributed by atoms with Gasteiger partial charge in [0.1, 0.15) is 0 Å². The van der Waals surface area contributed by atoms with Crippen LogP contribution in [0.2, 0.25) is 0 Å². The molecule has 0 amide bonds. The first kappa shape index (κ1) is 10.5. The molecule has 3 nitrogen and oxygen atoms in total. The van der Waals surface area contributed by atoms with Crippen LogP contribution in [0.3, 0.4) is 0 Å². The van der Waals surface area contributed by atoms with Crippen molar-refractivity contribution in [2.45, 2.75) is 13.8 Å². The standard InChI is InChI=1S/C11H16BNO2/c1-8-6-14-12(15-7-8)10-4-3-5-11(13)9(10)2/h3-5,8H,6-7,13H2,1-2H3. The Hall–Kier alpha value is -0.995. The van der Waals surface area contributed by atoms with E-state index in [0.29, 0.717) is 5.92 Å². The van der Waals surface area contributed by atoms with Crippen LogP contribution in [0.15, 0.2) is 18.2 Å². The summed E-state index contributed by atoms with van der Waals surface area (Å²) in [5.74, 6) is 0.475. The fourth-order valence-electron chi connectivity index (χ4n) is 1.71. The molecule has 0 bridgehead atoms. The summed E-state index contributed by atoms with van der Waals surface area (Å²) < 4.78 is 11.3. The van der Waals surface area contributed by atoms with E-state index in [1.54, 1.807) is 0 Å². The predicted molar refractivity (Wildman–Crippen MR) is 62.0 cm³/mol. The summed E-state index contributed by atoms with van der Waals surface area (Å²) in [5.41, 5.74) is 8.73. The Morgan fingerprint density at radius 2 is 2.00 bits per heavy atom. The van der Waals surface area contributed by atoms with Gasteiger partial charge in [-0.15, -0.1) is 0 Å². The van der Waals surface area contributed by atoms with Crippen LogP contribution in [0.25, 0.3) is 0 Å². The molecule has 1 fully saturated rings. The largest absolute Gasteiger partial charge is 0.494 e. The zero-order chi connectivity index (χ0) is 10.8. The van der Waals surface area contributed by atoms with E-state index < -0.39 is 0 Å². The Balaban J connectivity index is 2.19. The highest BCUT2D eigenvalue weighted by Gasteiger charge is 2.28. The lowest BCUT2D eigenvalue weighted by molar-refractivity contribution is 0.0957. The zero-order valence-corrected chi connectivity index (χ0v) is 9.19. The van der Waals surface area contributed by atoms with Gasteiger partial charge >= 0.3 is 7.12 Å². The SMILES string of the molecule is Cc1c(N)cccc1B1OCC(C)CO1. The maximum atomic E-state index is 5.84. The average Bonchev–Trinajstić information content (AvgIpc) is 2.24. The van der Waals surface area contributed by atoms with E-state index in [1.165, 1.54) is 0 Å². The fourth-order valence-corrected chi connectivity index (χ4v) is 1.71. The van der Waals surface area contributed by atoms with Gasteiger partial charge in [0.05, 0.1) is 0 Å². The van der Waals surface area contributed by atoms with Crippen molar-refractivity contribution in [3.63, 3.8) is 0 Å². The summed E-state index contributed by atoms with van der Waals surface area (Å²) in [4.78, 5) is 0. The van der Waals surface area contributed by atoms with Gasteiger partial charge in [0, 0.05) is 18.9 Å². The quantitative estimate of drug-likeness (QED) is 0.548. The Kier molecular flexibility index (Phi) is 2.98. The highest BCUT2D eigenvalue weighted by atomic mass is 16.6. The first-order valence-corrected chi connectivity index (χ1v) is 5.26. The molecule has 1 aliphatic rings. The van der Waals surface area contributed by atoms with Gasteiger partial charge in [-0.2, -0.15) is 0 Å². The first-order chi connectivity index (χ1) is 7.18. The van der Waals surface area contributed by atoms with Crippen LogP contribution in [0.4, 0.5) is 5.69 Å². The number of nitrogen functional groups attached to an aromatic ring is 1. The van der Waals surface area contributed by atoms with Crippen LogP contribution in [-0.2, 0) is 9.31 Å². The summed E-state index contributed by atoms with van der Waals surface area (Å²) in [5, 5.41) is 0. The number of benzene rings is 1. The summed E-state index contributed by atoms with van der Waals surface area (Å²) in [6.07, 6.45) is 0. The van der Waals surface area contributed by atoms with Gasteiger partial charge in [-0.1, -0.05) is 19.1 Å². The molecule has 80 valence electrons. The van der Waals surface area contributed by atoms with Crippen LogP contribution in [0.1, 0.15) is 12.5 Å². The van der Waals surface area contributed by atoms with Crippen molar-refractivity contribution in [1.29, 1.82) is 0 Å². The summed E-state index contributed by atoms with van der Waals surface area (Å²) >= 11 is 0. The van der Waals surface area contributed by atoms with E-state index in [1.807, 2.05) is 25.1 Å². The number of nitrogens with two attached hydrogens (primary N) is 1. The normalized spacial score (nSPS) is 18.1. The maximum Gasteiger partial charge on any atom is 0.494 e. The van der Waals surface area contributed by atoms with E-state index in [4.69, 9.17) is 15.0 Å². The Morgan fingerprint density at radius 3 is 2.67 bits per heavy atom. The molecule has 4 heteroatoms. The predicted octanol–water partition coefficient (Wildman–Crippen LogP) is 0.955. The molecule has 0 spiro atoms. The molecule has 1 saturated heterocycles. The van der Waals surface area contributed by atoms with Crippen LogP contribution < -0.4 is 11.2 Å². The van der Waals surface area contributed by atoms with Crippen molar-refractivity contribution in [3.8, 4) is 0 Å². The van der Waals surface area contributed by atoms with Crippen molar-refractivity contribution >= 4 is 18.3 Å². The molecule has 0 atom stereocenters. The highest BCUT2D eigenvalue weighted by molar-refractivity contribution is 6.62. The molecular formula is C11H16BNO2. The fraction of sp³-hybridized carbons (Fsp3) is 0.455. The van der Waals surface area contributed by atoms with E-state index in [9.17, 15) is 0 Å². The topological polar surface area (TPSA) is 44.5 Å². The molecule has 1 heterocycles. The lowest BCUT2D eigenvalue weighted by atomic mass is 9.74. The molecule has 0 aromatic heterocycles. The Morgan fingerprint density at radius 1 is 1.33 bits per heavy atom. The smallest absolute Gasteiger partial charge is 0.407 e. The van der Waals surface area contributed by atoms with E-state index >= 15 is 0 Å². The van der Waals surface area contributed by atoms with Crippen molar-refractivity contribution in [2.24, 2.45) is 5.92 Å². The minimum Gasteiger partial charge on any atom is -0.407 e. The van der Waals surface area contributed by atoms with Crippen LogP contribution in [0.5, 0.6) is 0 Å². The molecule has 15 heavy (non-hydrogen) atoms. The molecule has 0 unspecified atom stereocenters. The van der Waals surface area contributed by atoms with E-state index in [-0.39, 0.29) is 7.12 Å². The molecule has 2 rings (SSSR count). The monoisotopic (exact) mass is 205 g/mol. The van der Waals surface area contributed by atoms with E-state index in [2.05, 4.69) is 6.92 Å². The molecular weight excluding hydrogens is 189 g/mol. The lowest BCUT2D eigenvalue weighted by Gasteiger charge is -2.25. The molecule has 1 aliphatic heterocycles. The second-order valence-corrected chi connectivity index (χ2v) is 4.17. The summed E-state index contributed by atoms with van der Waals surface area (Å²) in [7, 11) is -0.246. The third-order valence-electron chi connectivity index (χ3n) is 2.74. The minimum atomic E-state index is -0.246. The third kappa shape index (κ3) is 2.16. The number of hydrogen-bond donors (Lipinski definition) is 1. The molecule has 1 aromatic rings. The lowest BCUT2D eigenvalue weighted by Crippen LogP contribution is -2.44. The van der Waals surface area contributed by atoms with Crippen molar-refractivity contribution in [1.82, 2.24) is 0 Å². The van der Waals surface area contributed by atoms with Crippen LogP contribution >= 0.6 is 0 Å². The third-order valence-corrected chi connectivity index (χ3v) is 2.74. The Bertz CT molecular complexity index is 348. The van der Waals surface area contributed by atoms with Gasteiger partial charge < -0.3 is 15.0 Å². The van der Waals surface area contributed by atoms with Gasteiger partial charge in [0.2, 0.25) is 0 Å². The summed E-state index contributed by atoms with van der Waals surface area (Å²) in [6.45, 7) is 5.61. The van der Waals surface area contributed by atoms with Gasteiger partial charge in [-0.25, -0.2) is 0 Å². The van der Waals surface area contributed by atoms with Gasteiger partial charge in [0.25, 0.3) is 0 Å². The number of anilines is 1. The number of hydrogen-bond acceptors (Lipinski definition) is 3.